The number of aromatic nitrogens is 6. The highest BCUT2D eigenvalue weighted by atomic mass is 16.5. The van der Waals surface area contributed by atoms with Crippen LogP contribution < -0.4 is 45.6 Å². The summed E-state index contributed by atoms with van der Waals surface area (Å²) in [5, 5.41) is 30.9. The van der Waals surface area contributed by atoms with Gasteiger partial charge in [0, 0.05) is 143 Å². The van der Waals surface area contributed by atoms with E-state index in [1.165, 1.54) is 6.42 Å². The number of hydrogen-bond acceptors (Lipinski definition) is 18. The minimum absolute atomic E-state index is 0.0690. The van der Waals surface area contributed by atoms with Crippen LogP contribution in [0.25, 0.3) is 0 Å². The summed E-state index contributed by atoms with van der Waals surface area (Å²) in [5.41, 5.74) is 5.07. The lowest BCUT2D eigenvalue weighted by Gasteiger charge is -2.33. The summed E-state index contributed by atoms with van der Waals surface area (Å²) in [6, 6.07) is 21.4. The third kappa shape index (κ3) is 16.0. The van der Waals surface area contributed by atoms with Crippen molar-refractivity contribution in [2.24, 2.45) is 0 Å². The molecule has 21 heteroatoms. The van der Waals surface area contributed by atoms with E-state index in [2.05, 4.69) is 44.4 Å². The Balaban J connectivity index is 0.000000142. The molecular weight excluding hydrogens is 1080 g/mol. The highest BCUT2D eigenvalue weighted by Crippen LogP contribution is 2.35. The molecule has 0 spiro atoms. The van der Waals surface area contributed by atoms with Crippen LogP contribution in [0.5, 0.6) is 34.5 Å². The Kier molecular flexibility index (Phi) is 20.6. The molecule has 0 aliphatic carbocycles. The third-order valence-electron chi connectivity index (χ3n) is 17.6. The van der Waals surface area contributed by atoms with E-state index in [1.807, 2.05) is 36.4 Å². The number of benzene rings is 3. The van der Waals surface area contributed by atoms with E-state index in [-0.39, 0.29) is 51.7 Å². The Morgan fingerprint density at radius 2 is 0.800 bits per heavy atom. The summed E-state index contributed by atoms with van der Waals surface area (Å²) >= 11 is 0. The minimum atomic E-state index is -0.0746. The number of phenols is 3. The molecule has 0 radical (unpaired) electrons. The second-order valence-corrected chi connectivity index (χ2v) is 23.6. The molecule has 6 fully saturated rings. The predicted molar refractivity (Wildman–Crippen MR) is 329 cm³/mol. The van der Waals surface area contributed by atoms with Crippen LogP contribution in [0.4, 0.5) is 17.8 Å². The highest BCUT2D eigenvalue weighted by Gasteiger charge is 2.29. The first-order valence-electron chi connectivity index (χ1n) is 30.7. The molecule has 0 saturated carbocycles. The Morgan fingerprint density at radius 3 is 1.15 bits per heavy atom. The monoisotopic (exact) mass is 1170 g/mol. The first-order valence-corrected chi connectivity index (χ1v) is 30.7. The van der Waals surface area contributed by atoms with Gasteiger partial charge in [0.2, 0.25) is 17.8 Å². The summed E-state index contributed by atoms with van der Waals surface area (Å²) < 4.78 is 15.5. The number of ether oxygens (including phenoxy) is 3. The van der Waals surface area contributed by atoms with E-state index in [1.54, 1.807) is 57.7 Å². The molecule has 21 nitrogen and oxygen atoms in total. The molecule has 12 rings (SSSR count). The van der Waals surface area contributed by atoms with Gasteiger partial charge in [-0.2, -0.15) is 0 Å². The van der Waals surface area contributed by atoms with Gasteiger partial charge in [0.25, 0.3) is 16.7 Å². The lowest BCUT2D eigenvalue weighted by Crippen LogP contribution is -2.36. The van der Waals surface area contributed by atoms with Crippen LogP contribution in [-0.4, -0.2) is 160 Å². The number of anilines is 3. The number of piperidine rings is 4. The lowest BCUT2D eigenvalue weighted by atomic mass is 9.94. The number of phenolic OH excluding ortho intramolecular Hbond substituents is 3. The van der Waals surface area contributed by atoms with Crippen molar-refractivity contribution in [2.45, 2.75) is 121 Å². The molecule has 3 unspecified atom stereocenters. The van der Waals surface area contributed by atoms with Gasteiger partial charge in [0.1, 0.15) is 23.0 Å². The van der Waals surface area contributed by atoms with Crippen molar-refractivity contribution < 1.29 is 29.5 Å². The highest BCUT2D eigenvalue weighted by molar-refractivity contribution is 5.46. The Morgan fingerprint density at radius 1 is 0.435 bits per heavy atom. The van der Waals surface area contributed by atoms with Gasteiger partial charge < -0.3 is 44.2 Å². The SMILES string of the molecule is COc1ccc(CN2CCCC(c3cc(=O)[nH]c(N4CCCC4)n3)C2)c(O)c1.COc1ccc(CN2CCCC(c3cc(=O)[nH]c(N4CCCCC4)n3)C2)c(O)c1.COc1cccc(CN2CCCC(c3cc(=O)[nH]c(N4CCCC4)n3)C2)c1O. The molecule has 3 atom stereocenters. The second-order valence-electron chi connectivity index (χ2n) is 23.6. The summed E-state index contributed by atoms with van der Waals surface area (Å²) in [4.78, 5) is 73.4. The minimum Gasteiger partial charge on any atom is -0.507 e. The summed E-state index contributed by atoms with van der Waals surface area (Å²) in [6.07, 6.45) is 14.4. The van der Waals surface area contributed by atoms with Crippen LogP contribution in [0.3, 0.4) is 0 Å². The Bertz CT molecular complexity index is 3340. The van der Waals surface area contributed by atoms with Crippen molar-refractivity contribution in [1.82, 2.24) is 44.6 Å². The standard InChI is InChI=1S/C22H30N4O3.2C21H28N4O3/c1-29-18-8-7-17(20(27)12-18)15-25-9-5-6-16(14-25)19-13-21(28)24-22(23-19)26-10-3-2-4-11-26;1-28-18-8-4-6-16(20(18)27)14-24-9-5-7-15(13-24)17-12-19(26)23-21(22-17)25-10-2-3-11-25;1-28-17-7-6-16(19(26)11-17)14-24-8-4-5-15(13-24)18-12-20(27)23-21(22-18)25-9-2-3-10-25/h7-8,12-13,16,27H,2-6,9-11,14-15H2,1H3,(H,23,24,28);4,6,8,12,15,27H,2-3,5,7,9-11,13-14H2,1H3,(H,22,23,26);6-7,11-12,15,26H,2-5,8-10,13-14H2,1H3,(H,22,23,27). The van der Waals surface area contributed by atoms with Crippen molar-refractivity contribution in [2.75, 3.05) is 115 Å². The zero-order valence-electron chi connectivity index (χ0n) is 49.8. The molecule has 85 heavy (non-hydrogen) atoms. The molecule has 3 aromatic heterocycles. The number of aromatic hydroxyl groups is 3. The van der Waals surface area contributed by atoms with Gasteiger partial charge in [-0.1, -0.05) is 24.3 Å². The van der Waals surface area contributed by atoms with E-state index in [4.69, 9.17) is 29.2 Å². The van der Waals surface area contributed by atoms with Crippen LogP contribution in [0.2, 0.25) is 0 Å². The zero-order valence-corrected chi connectivity index (χ0v) is 49.8. The number of nitrogens with one attached hydrogen (secondary N) is 3. The number of para-hydroxylation sites is 1. The van der Waals surface area contributed by atoms with Crippen LogP contribution >= 0.6 is 0 Å². The zero-order chi connectivity index (χ0) is 59.2. The number of aromatic amines is 3. The quantitative estimate of drug-likeness (QED) is 0.0575. The third-order valence-corrected chi connectivity index (χ3v) is 17.6. The second kappa shape index (κ2) is 29.0. The molecule has 0 bridgehead atoms. The van der Waals surface area contributed by atoms with Gasteiger partial charge in [0.05, 0.1) is 38.4 Å². The van der Waals surface area contributed by atoms with Crippen molar-refractivity contribution in [1.29, 1.82) is 0 Å². The van der Waals surface area contributed by atoms with Crippen LogP contribution in [0.15, 0.2) is 87.2 Å². The van der Waals surface area contributed by atoms with Crippen LogP contribution in [0, 0.1) is 0 Å². The molecule has 0 amide bonds. The number of H-pyrrole nitrogens is 3. The van der Waals surface area contributed by atoms with E-state index in [0.717, 1.165) is 195 Å². The Hall–Kier alpha value is -7.62. The first kappa shape index (κ1) is 60.5. The van der Waals surface area contributed by atoms with Crippen molar-refractivity contribution in [3.05, 3.63) is 138 Å². The normalized spacial score (nSPS) is 20.5. The van der Waals surface area contributed by atoms with Crippen molar-refractivity contribution >= 4 is 17.8 Å². The fraction of sp³-hybridized carbons (Fsp3) is 0.531. The van der Waals surface area contributed by atoms with E-state index in [0.29, 0.717) is 48.8 Å². The maximum atomic E-state index is 12.3. The van der Waals surface area contributed by atoms with Gasteiger partial charge in [-0.3, -0.25) is 44.0 Å². The van der Waals surface area contributed by atoms with E-state index in [9.17, 15) is 29.7 Å². The molecule has 6 saturated heterocycles. The average molecular weight is 1170 g/mol. The summed E-state index contributed by atoms with van der Waals surface area (Å²) in [6.45, 7) is 13.2. The van der Waals surface area contributed by atoms with E-state index < -0.39 is 0 Å². The topological polar surface area (TPSA) is 245 Å². The number of rotatable bonds is 15. The van der Waals surface area contributed by atoms with Gasteiger partial charge in [0.15, 0.2) is 11.5 Å². The number of methoxy groups -OCH3 is 3. The number of likely N-dealkylation sites (tertiary alicyclic amines) is 3. The first-order chi connectivity index (χ1) is 41.4. The van der Waals surface area contributed by atoms with E-state index >= 15 is 0 Å². The molecule has 9 heterocycles. The number of hydrogen-bond donors (Lipinski definition) is 6. The average Bonchev–Trinajstić information content (AvgIpc) is 4.43. The molecular formula is C64H86N12O9. The Labute approximate surface area is 497 Å². The molecule has 6 aliphatic heterocycles. The van der Waals surface area contributed by atoms with Crippen LogP contribution in [-0.2, 0) is 19.6 Å². The smallest absolute Gasteiger partial charge is 0.252 e. The molecule has 6 aromatic rings. The number of nitrogens with zero attached hydrogens (tertiary/aromatic N) is 9. The summed E-state index contributed by atoms with van der Waals surface area (Å²) in [5.74, 6) is 5.36. The van der Waals surface area contributed by atoms with Crippen molar-refractivity contribution in [3.8, 4) is 34.5 Å². The van der Waals surface area contributed by atoms with Gasteiger partial charge >= 0.3 is 0 Å². The van der Waals surface area contributed by atoms with Gasteiger partial charge in [-0.15, -0.1) is 0 Å². The maximum absolute atomic E-state index is 12.3. The maximum Gasteiger partial charge on any atom is 0.252 e. The fourth-order valence-corrected chi connectivity index (χ4v) is 12.9. The molecule has 6 N–H and O–H groups in total. The predicted octanol–water partition coefficient (Wildman–Crippen LogP) is 7.78. The fourth-order valence-electron chi connectivity index (χ4n) is 12.9. The van der Waals surface area contributed by atoms with Crippen LogP contribution in [0.1, 0.15) is 135 Å². The largest absolute Gasteiger partial charge is 0.507 e. The molecule has 6 aliphatic rings. The summed E-state index contributed by atoms with van der Waals surface area (Å²) in [7, 11) is 4.75. The molecule has 3 aromatic carbocycles. The lowest BCUT2D eigenvalue weighted by molar-refractivity contribution is 0.196. The molecule has 456 valence electrons. The van der Waals surface area contributed by atoms with Gasteiger partial charge in [-0.25, -0.2) is 15.0 Å². The van der Waals surface area contributed by atoms with Crippen molar-refractivity contribution in [3.63, 3.8) is 0 Å². The van der Waals surface area contributed by atoms with Gasteiger partial charge in [-0.05, 0) is 121 Å².